The van der Waals surface area contributed by atoms with Gasteiger partial charge < -0.3 is 27.0 Å². The number of carbonyl (C=O) groups is 2. The van der Waals surface area contributed by atoms with Crippen LogP contribution in [0.25, 0.3) is 0 Å². The van der Waals surface area contributed by atoms with Crippen LogP contribution in [-0.2, 0) is 16.6 Å². The lowest BCUT2D eigenvalue weighted by atomic mass is 9.64. The summed E-state index contributed by atoms with van der Waals surface area (Å²) in [5, 5.41) is 10.4. The lowest BCUT2D eigenvalue weighted by Gasteiger charge is -2.42. The van der Waals surface area contributed by atoms with Gasteiger partial charge in [-0.1, -0.05) is 51.3 Å². The van der Waals surface area contributed by atoms with Crippen molar-refractivity contribution in [1.82, 2.24) is 10.6 Å². The molecule has 0 saturated heterocycles. The predicted octanol–water partition coefficient (Wildman–Crippen LogP) is 3.81. The molecule has 0 heterocycles. The van der Waals surface area contributed by atoms with Crippen molar-refractivity contribution in [2.45, 2.75) is 85.1 Å². The van der Waals surface area contributed by atoms with Crippen LogP contribution in [-0.4, -0.2) is 37.2 Å². The third-order valence-corrected chi connectivity index (χ3v) is 7.58. The molecule has 0 aromatic heterocycles. The minimum Gasteiger partial charge on any atom is -0.385 e. The van der Waals surface area contributed by atoms with E-state index >= 15 is 0 Å². The van der Waals surface area contributed by atoms with E-state index in [-0.39, 0.29) is 24.4 Å². The van der Waals surface area contributed by atoms with Crippen molar-refractivity contribution in [2.24, 2.45) is 28.5 Å². The maximum atomic E-state index is 12.6. The Bertz CT molecular complexity index is 953. The fourth-order valence-electron chi connectivity index (χ4n) is 5.28. The van der Waals surface area contributed by atoms with Crippen LogP contribution in [0.4, 0.5) is 0 Å². The summed E-state index contributed by atoms with van der Waals surface area (Å²) < 4.78 is 0. The third-order valence-electron chi connectivity index (χ3n) is 7.58. The van der Waals surface area contributed by atoms with Gasteiger partial charge in [0.1, 0.15) is 12.1 Å². The van der Waals surface area contributed by atoms with Gasteiger partial charge in [-0.15, -0.1) is 0 Å². The number of hydrazone groups is 1. The molecule has 0 fully saturated rings. The van der Waals surface area contributed by atoms with Gasteiger partial charge in [-0.25, -0.2) is 0 Å². The van der Waals surface area contributed by atoms with Crippen LogP contribution in [0.15, 0.2) is 34.4 Å². The van der Waals surface area contributed by atoms with E-state index in [9.17, 15) is 9.59 Å². The van der Waals surface area contributed by atoms with Crippen LogP contribution < -0.4 is 22.2 Å². The predicted molar refractivity (Wildman–Crippen MR) is 144 cm³/mol. The number of carbonyl (C=O) groups excluding carboxylic acids is 2. The molecule has 7 nitrogen and oxygen atoms in total. The number of benzene rings is 1. The molecular formula is C28H45N5O2. The monoisotopic (exact) mass is 483 g/mol. The molecule has 1 aromatic rings. The highest BCUT2D eigenvalue weighted by atomic mass is 16.1. The number of aldehydes is 1. The summed E-state index contributed by atoms with van der Waals surface area (Å²) in [7, 11) is 0. The second-order valence-corrected chi connectivity index (χ2v) is 10.3. The minimum atomic E-state index is -0.724. The highest BCUT2D eigenvalue weighted by Crippen LogP contribution is 2.47. The number of amides is 1. The van der Waals surface area contributed by atoms with Gasteiger partial charge in [-0.2, -0.15) is 5.10 Å². The topological polar surface area (TPSA) is 123 Å². The number of rotatable bonds is 12. The number of nitrogens with one attached hydrogen (secondary N) is 2. The molecule has 0 spiro atoms. The third kappa shape index (κ3) is 6.31. The molecule has 0 saturated carbocycles. The summed E-state index contributed by atoms with van der Waals surface area (Å²) in [5.41, 5.74) is 11.4. The van der Waals surface area contributed by atoms with E-state index < -0.39 is 5.41 Å². The van der Waals surface area contributed by atoms with Gasteiger partial charge in [-0.3, -0.25) is 4.79 Å². The van der Waals surface area contributed by atoms with Crippen molar-refractivity contribution < 1.29 is 9.59 Å². The molecule has 1 amide bonds. The molecule has 1 aliphatic carbocycles. The number of allylic oxidation sites excluding steroid dienone is 1. The van der Waals surface area contributed by atoms with Gasteiger partial charge in [0.05, 0.1) is 12.0 Å². The lowest BCUT2D eigenvalue weighted by molar-refractivity contribution is -0.107. The van der Waals surface area contributed by atoms with E-state index in [1.165, 1.54) is 11.1 Å². The van der Waals surface area contributed by atoms with E-state index in [2.05, 4.69) is 50.4 Å². The maximum absolute atomic E-state index is 12.6. The van der Waals surface area contributed by atoms with Crippen molar-refractivity contribution in [3.8, 4) is 0 Å². The molecule has 35 heavy (non-hydrogen) atoms. The first-order valence-corrected chi connectivity index (χ1v) is 13.0. The number of nitrogens with zero attached hydrogens (tertiary/aromatic N) is 1. The van der Waals surface area contributed by atoms with E-state index in [0.717, 1.165) is 43.1 Å². The van der Waals surface area contributed by atoms with Crippen LogP contribution in [0.1, 0.15) is 88.7 Å². The summed E-state index contributed by atoms with van der Waals surface area (Å²) in [6.07, 6.45) is 5.14. The maximum Gasteiger partial charge on any atom is 0.251 e. The molecule has 7 heteroatoms. The average molecular weight is 484 g/mol. The SMILES string of the molecule is CCNC(=O)c1ccc2c(c1)CCC(C)=C(CC(C)CC)C2(CC(NCC=O)C(C)C)/C(N)=N/N. The Morgan fingerprint density at radius 3 is 2.51 bits per heavy atom. The van der Waals surface area contributed by atoms with Crippen LogP contribution in [0.3, 0.4) is 0 Å². The zero-order valence-corrected chi connectivity index (χ0v) is 22.4. The minimum absolute atomic E-state index is 0.00856. The Morgan fingerprint density at radius 1 is 1.23 bits per heavy atom. The van der Waals surface area contributed by atoms with Gasteiger partial charge in [0, 0.05) is 18.2 Å². The summed E-state index contributed by atoms with van der Waals surface area (Å²) in [6, 6.07) is 5.94. The van der Waals surface area contributed by atoms with Crippen molar-refractivity contribution >= 4 is 18.0 Å². The number of hydrogen-bond donors (Lipinski definition) is 4. The highest BCUT2D eigenvalue weighted by molar-refractivity contribution is 5.97. The Balaban J connectivity index is 2.84. The zero-order chi connectivity index (χ0) is 26.2. The number of hydrogen-bond acceptors (Lipinski definition) is 5. The largest absolute Gasteiger partial charge is 0.385 e. The standard InChI is InChI=1S/C28H45N5O2/c1-7-19(5)15-24-20(6)9-10-21-16-22(26(35)31-8-2)11-12-23(21)28(24,27(29)33-30)17-25(18(3)4)32-13-14-34/h11-12,14,16,18-19,25,32H,7-10,13,15,17,30H2,1-6H3,(H2,29,33)(H,31,35). The lowest BCUT2D eigenvalue weighted by Crippen LogP contribution is -2.51. The second-order valence-electron chi connectivity index (χ2n) is 10.3. The summed E-state index contributed by atoms with van der Waals surface area (Å²) in [4.78, 5) is 23.9. The number of amidine groups is 1. The fraction of sp³-hybridized carbons (Fsp3) is 0.607. The van der Waals surface area contributed by atoms with Crippen LogP contribution >= 0.6 is 0 Å². The molecular weight excluding hydrogens is 438 g/mol. The van der Waals surface area contributed by atoms with Gasteiger partial charge in [0.15, 0.2) is 0 Å². The summed E-state index contributed by atoms with van der Waals surface area (Å²) in [5.74, 6) is 6.95. The van der Waals surface area contributed by atoms with Crippen LogP contribution in [0.2, 0.25) is 0 Å². The van der Waals surface area contributed by atoms with Gasteiger partial charge in [0.2, 0.25) is 0 Å². The van der Waals surface area contributed by atoms with Crippen LogP contribution in [0.5, 0.6) is 0 Å². The van der Waals surface area contributed by atoms with E-state index in [0.29, 0.717) is 30.3 Å². The molecule has 0 bridgehead atoms. The molecule has 2 rings (SSSR count). The molecule has 0 radical (unpaired) electrons. The first kappa shape index (κ1) is 28.6. The molecule has 6 N–H and O–H groups in total. The first-order chi connectivity index (χ1) is 16.7. The average Bonchev–Trinajstić information content (AvgIpc) is 2.96. The second kappa shape index (κ2) is 12.9. The Morgan fingerprint density at radius 2 is 1.94 bits per heavy atom. The zero-order valence-electron chi connectivity index (χ0n) is 22.4. The van der Waals surface area contributed by atoms with Crippen molar-refractivity contribution in [3.63, 3.8) is 0 Å². The Labute approximate surface area is 211 Å². The quantitative estimate of drug-likeness (QED) is 0.0899. The highest BCUT2D eigenvalue weighted by Gasteiger charge is 2.46. The van der Waals surface area contributed by atoms with E-state index in [1.54, 1.807) is 0 Å². The molecule has 3 atom stereocenters. The molecule has 194 valence electrons. The normalized spacial score (nSPS) is 20.3. The van der Waals surface area contributed by atoms with Gasteiger partial charge >= 0.3 is 0 Å². The van der Waals surface area contributed by atoms with E-state index in [4.69, 9.17) is 11.6 Å². The van der Waals surface area contributed by atoms with E-state index in [1.807, 2.05) is 25.1 Å². The number of nitrogens with two attached hydrogens (primary N) is 2. The fourth-order valence-corrected chi connectivity index (χ4v) is 5.28. The number of aryl methyl sites for hydroxylation is 1. The Kier molecular flexibility index (Phi) is 10.5. The Hall–Kier alpha value is -2.67. The van der Waals surface area contributed by atoms with Crippen molar-refractivity contribution in [1.29, 1.82) is 0 Å². The number of fused-ring (bicyclic) bond motifs is 1. The smallest absolute Gasteiger partial charge is 0.251 e. The van der Waals surface area contributed by atoms with Gasteiger partial charge in [-0.05, 0) is 74.6 Å². The summed E-state index contributed by atoms with van der Waals surface area (Å²) >= 11 is 0. The van der Waals surface area contributed by atoms with Crippen molar-refractivity contribution in [3.05, 3.63) is 46.0 Å². The van der Waals surface area contributed by atoms with Gasteiger partial charge in [0.25, 0.3) is 5.91 Å². The first-order valence-electron chi connectivity index (χ1n) is 13.0. The van der Waals surface area contributed by atoms with Crippen LogP contribution in [0, 0.1) is 11.8 Å². The molecule has 1 aliphatic rings. The molecule has 3 unspecified atom stereocenters. The molecule has 0 aliphatic heterocycles. The van der Waals surface area contributed by atoms with Crippen molar-refractivity contribution in [2.75, 3.05) is 13.1 Å². The summed E-state index contributed by atoms with van der Waals surface area (Å²) in [6.45, 7) is 13.7. The molecule has 1 aromatic carbocycles.